The lowest BCUT2D eigenvalue weighted by atomic mass is 9.88. The minimum Gasteiger partial charge on any atom is -0.467 e. The van der Waals surface area contributed by atoms with Crippen LogP contribution >= 0.6 is 0 Å². The van der Waals surface area contributed by atoms with Gasteiger partial charge in [0.25, 0.3) is 0 Å². The molecule has 1 saturated carbocycles. The van der Waals surface area contributed by atoms with Crippen molar-refractivity contribution in [3.05, 3.63) is 24.2 Å². The Morgan fingerprint density at radius 3 is 2.59 bits per heavy atom. The molecule has 1 aromatic rings. The molecule has 0 bridgehead atoms. The Bertz CT molecular complexity index is 460. The average molecular weight is 306 g/mol. The normalized spacial score (nSPS) is 22.7. The summed E-state index contributed by atoms with van der Waals surface area (Å²) in [6.45, 7) is 3.78. The Kier molecular flexibility index (Phi) is 5.16. The SMILES string of the molecule is O=C(C1CCCCC1)N1CCN(C[C@@H](O)c2ccco2)CC1. The van der Waals surface area contributed by atoms with Gasteiger partial charge in [0.1, 0.15) is 11.9 Å². The van der Waals surface area contributed by atoms with Gasteiger partial charge in [0.15, 0.2) is 0 Å². The van der Waals surface area contributed by atoms with E-state index in [9.17, 15) is 9.90 Å². The van der Waals surface area contributed by atoms with E-state index in [2.05, 4.69) is 4.90 Å². The summed E-state index contributed by atoms with van der Waals surface area (Å²) in [5, 5.41) is 10.1. The number of carbonyl (C=O) groups excluding carboxylic acids is 1. The van der Waals surface area contributed by atoms with Crippen LogP contribution in [0.25, 0.3) is 0 Å². The van der Waals surface area contributed by atoms with Crippen LogP contribution in [0.3, 0.4) is 0 Å². The fraction of sp³-hybridized carbons (Fsp3) is 0.706. The van der Waals surface area contributed by atoms with Crippen LogP contribution in [0.1, 0.15) is 44.0 Å². The van der Waals surface area contributed by atoms with E-state index in [-0.39, 0.29) is 5.92 Å². The Morgan fingerprint density at radius 2 is 1.95 bits per heavy atom. The number of aliphatic hydroxyl groups excluding tert-OH is 1. The van der Waals surface area contributed by atoms with Gasteiger partial charge in [-0.05, 0) is 25.0 Å². The molecule has 0 unspecified atom stereocenters. The van der Waals surface area contributed by atoms with Crippen LogP contribution in [0.2, 0.25) is 0 Å². The Balaban J connectivity index is 1.44. The molecule has 5 heteroatoms. The highest BCUT2D eigenvalue weighted by Crippen LogP contribution is 2.26. The lowest BCUT2D eigenvalue weighted by molar-refractivity contribution is -0.138. The average Bonchev–Trinajstić information content (AvgIpc) is 3.10. The molecule has 2 fully saturated rings. The highest BCUT2D eigenvalue weighted by atomic mass is 16.4. The number of nitrogens with zero attached hydrogens (tertiary/aromatic N) is 2. The third kappa shape index (κ3) is 3.70. The van der Waals surface area contributed by atoms with Crippen molar-refractivity contribution in [3.63, 3.8) is 0 Å². The number of hydrogen-bond donors (Lipinski definition) is 1. The molecule has 2 heterocycles. The quantitative estimate of drug-likeness (QED) is 0.925. The zero-order valence-corrected chi connectivity index (χ0v) is 13.1. The van der Waals surface area contributed by atoms with Gasteiger partial charge in [0.05, 0.1) is 6.26 Å². The third-order valence-electron chi connectivity index (χ3n) is 4.94. The number of carbonyl (C=O) groups is 1. The van der Waals surface area contributed by atoms with Crippen molar-refractivity contribution >= 4 is 5.91 Å². The zero-order valence-electron chi connectivity index (χ0n) is 13.1. The molecule has 1 atom stereocenters. The standard InChI is InChI=1S/C17H26N2O3/c20-15(16-7-4-12-22-16)13-18-8-10-19(11-9-18)17(21)14-5-2-1-3-6-14/h4,7,12,14-15,20H,1-3,5-6,8-11,13H2/t15-/m1/s1. The summed E-state index contributed by atoms with van der Waals surface area (Å²) < 4.78 is 5.23. The predicted octanol–water partition coefficient (Wildman–Crippen LogP) is 2.04. The maximum atomic E-state index is 12.5. The second kappa shape index (κ2) is 7.29. The van der Waals surface area contributed by atoms with Gasteiger partial charge in [-0.2, -0.15) is 0 Å². The van der Waals surface area contributed by atoms with Gasteiger partial charge in [-0.3, -0.25) is 9.69 Å². The van der Waals surface area contributed by atoms with Crippen LogP contribution in [0.4, 0.5) is 0 Å². The van der Waals surface area contributed by atoms with Crippen LogP contribution in [-0.2, 0) is 4.79 Å². The molecule has 1 N–H and O–H groups in total. The molecule has 0 aromatic carbocycles. The van der Waals surface area contributed by atoms with E-state index in [4.69, 9.17) is 4.42 Å². The van der Waals surface area contributed by atoms with Crippen LogP contribution in [0, 0.1) is 5.92 Å². The number of piperazine rings is 1. The number of hydrogen-bond acceptors (Lipinski definition) is 4. The van der Waals surface area contributed by atoms with E-state index in [1.165, 1.54) is 19.3 Å². The van der Waals surface area contributed by atoms with Gasteiger partial charge in [0.2, 0.25) is 5.91 Å². The predicted molar refractivity (Wildman–Crippen MR) is 83.3 cm³/mol. The molecular weight excluding hydrogens is 280 g/mol. The summed E-state index contributed by atoms with van der Waals surface area (Å²) in [5.74, 6) is 1.22. The number of amides is 1. The first-order valence-electron chi connectivity index (χ1n) is 8.46. The van der Waals surface area contributed by atoms with Crippen LogP contribution in [0.15, 0.2) is 22.8 Å². The maximum absolute atomic E-state index is 12.5. The van der Waals surface area contributed by atoms with Gasteiger partial charge in [0, 0.05) is 38.6 Å². The van der Waals surface area contributed by atoms with E-state index in [0.717, 1.165) is 39.0 Å². The van der Waals surface area contributed by atoms with Crippen LogP contribution in [-0.4, -0.2) is 53.5 Å². The topological polar surface area (TPSA) is 56.9 Å². The molecule has 122 valence electrons. The number of rotatable bonds is 4. The first kappa shape index (κ1) is 15.6. The molecular formula is C17H26N2O3. The molecule has 22 heavy (non-hydrogen) atoms. The van der Waals surface area contributed by atoms with E-state index < -0.39 is 6.10 Å². The van der Waals surface area contributed by atoms with E-state index in [0.29, 0.717) is 18.2 Å². The van der Waals surface area contributed by atoms with Crippen molar-refractivity contribution in [2.24, 2.45) is 5.92 Å². The van der Waals surface area contributed by atoms with Gasteiger partial charge >= 0.3 is 0 Å². The molecule has 2 aliphatic rings. The fourth-order valence-corrected chi connectivity index (χ4v) is 3.57. The molecule has 5 nitrogen and oxygen atoms in total. The smallest absolute Gasteiger partial charge is 0.225 e. The highest BCUT2D eigenvalue weighted by molar-refractivity contribution is 5.79. The minimum absolute atomic E-state index is 0.258. The number of β-amino-alcohol motifs (C(OH)–C–C–N with tert-alkyl or cyclic N) is 1. The van der Waals surface area contributed by atoms with E-state index in [1.54, 1.807) is 18.4 Å². The van der Waals surface area contributed by atoms with Crippen molar-refractivity contribution in [3.8, 4) is 0 Å². The van der Waals surface area contributed by atoms with Crippen molar-refractivity contribution in [1.82, 2.24) is 9.80 Å². The first-order valence-corrected chi connectivity index (χ1v) is 8.46. The van der Waals surface area contributed by atoms with Crippen molar-refractivity contribution in [2.45, 2.75) is 38.2 Å². The van der Waals surface area contributed by atoms with Crippen molar-refractivity contribution in [2.75, 3.05) is 32.7 Å². The van der Waals surface area contributed by atoms with Crippen molar-refractivity contribution < 1.29 is 14.3 Å². The summed E-state index contributed by atoms with van der Waals surface area (Å²) in [6.07, 6.45) is 6.81. The molecule has 0 radical (unpaired) electrons. The first-order chi connectivity index (χ1) is 10.7. The van der Waals surface area contributed by atoms with Crippen LogP contribution < -0.4 is 0 Å². The minimum atomic E-state index is -0.587. The Hall–Kier alpha value is -1.33. The van der Waals surface area contributed by atoms with Gasteiger partial charge < -0.3 is 14.4 Å². The second-order valence-corrected chi connectivity index (χ2v) is 6.49. The molecule has 1 amide bonds. The van der Waals surface area contributed by atoms with E-state index >= 15 is 0 Å². The van der Waals surface area contributed by atoms with Gasteiger partial charge in [-0.1, -0.05) is 19.3 Å². The zero-order chi connectivity index (χ0) is 15.4. The molecule has 1 aliphatic heterocycles. The summed E-state index contributed by atoms with van der Waals surface area (Å²) in [5.41, 5.74) is 0. The van der Waals surface area contributed by atoms with Gasteiger partial charge in [-0.15, -0.1) is 0 Å². The molecule has 3 rings (SSSR count). The Morgan fingerprint density at radius 1 is 1.23 bits per heavy atom. The number of aliphatic hydroxyl groups is 1. The summed E-state index contributed by atoms with van der Waals surface area (Å²) in [7, 11) is 0. The molecule has 1 saturated heterocycles. The molecule has 1 aromatic heterocycles. The van der Waals surface area contributed by atoms with Crippen molar-refractivity contribution in [1.29, 1.82) is 0 Å². The summed E-state index contributed by atoms with van der Waals surface area (Å²) in [4.78, 5) is 16.7. The van der Waals surface area contributed by atoms with E-state index in [1.807, 2.05) is 4.90 Å². The van der Waals surface area contributed by atoms with Gasteiger partial charge in [-0.25, -0.2) is 0 Å². The Labute approximate surface area is 131 Å². The maximum Gasteiger partial charge on any atom is 0.225 e. The molecule has 1 aliphatic carbocycles. The lowest BCUT2D eigenvalue weighted by Gasteiger charge is -2.37. The fourth-order valence-electron chi connectivity index (χ4n) is 3.57. The highest BCUT2D eigenvalue weighted by Gasteiger charge is 2.29. The third-order valence-corrected chi connectivity index (χ3v) is 4.94. The monoisotopic (exact) mass is 306 g/mol. The lowest BCUT2D eigenvalue weighted by Crippen LogP contribution is -2.51. The second-order valence-electron chi connectivity index (χ2n) is 6.49. The summed E-state index contributed by atoms with van der Waals surface area (Å²) in [6, 6.07) is 3.59. The number of furan rings is 1. The molecule has 0 spiro atoms. The largest absolute Gasteiger partial charge is 0.467 e. The summed E-state index contributed by atoms with van der Waals surface area (Å²) >= 11 is 0. The van der Waals surface area contributed by atoms with Crippen LogP contribution in [0.5, 0.6) is 0 Å².